The van der Waals surface area contributed by atoms with Gasteiger partial charge in [-0.2, -0.15) is 5.10 Å². The van der Waals surface area contributed by atoms with Gasteiger partial charge in [0.15, 0.2) is 5.65 Å². The zero-order chi connectivity index (χ0) is 15.1. The lowest BCUT2D eigenvalue weighted by atomic mass is 10.1. The Hall–Kier alpha value is -1.91. The molecule has 5 heteroatoms. The molecule has 112 valence electrons. The first-order valence-electron chi connectivity index (χ1n) is 7.57. The Morgan fingerprint density at radius 1 is 1.33 bits per heavy atom. The third-order valence-corrected chi connectivity index (χ3v) is 4.52. The summed E-state index contributed by atoms with van der Waals surface area (Å²) in [6.07, 6.45) is 4.67. The molecule has 1 aliphatic rings. The average molecular weight is 286 g/mol. The van der Waals surface area contributed by atoms with E-state index >= 15 is 0 Å². The molecule has 0 aliphatic heterocycles. The number of aryl methyl sites for hydroxylation is 3. The van der Waals surface area contributed by atoms with Crippen molar-refractivity contribution in [2.75, 3.05) is 7.05 Å². The molecule has 2 aromatic rings. The fourth-order valence-corrected chi connectivity index (χ4v) is 3.39. The first kappa shape index (κ1) is 14.0. The van der Waals surface area contributed by atoms with Crippen LogP contribution in [0.1, 0.15) is 47.4 Å². The van der Waals surface area contributed by atoms with Crippen LogP contribution in [0.4, 0.5) is 0 Å². The molecule has 0 N–H and O–H groups in total. The van der Waals surface area contributed by atoms with Crippen molar-refractivity contribution >= 4 is 16.9 Å². The van der Waals surface area contributed by atoms with Crippen LogP contribution in [0, 0.1) is 13.8 Å². The molecule has 21 heavy (non-hydrogen) atoms. The molecule has 1 aliphatic carbocycles. The normalized spacial score (nSPS) is 15.8. The number of rotatable bonds is 2. The van der Waals surface area contributed by atoms with E-state index in [1.165, 1.54) is 12.8 Å². The minimum absolute atomic E-state index is 0.0912. The van der Waals surface area contributed by atoms with E-state index in [4.69, 9.17) is 0 Å². The van der Waals surface area contributed by atoms with Crippen LogP contribution < -0.4 is 0 Å². The zero-order valence-corrected chi connectivity index (χ0v) is 13.2. The molecule has 1 fully saturated rings. The van der Waals surface area contributed by atoms with Crippen molar-refractivity contribution in [2.24, 2.45) is 7.05 Å². The summed E-state index contributed by atoms with van der Waals surface area (Å²) in [6.45, 7) is 3.86. The number of fused-ring (bicyclic) bond motifs is 1. The number of hydrogen-bond donors (Lipinski definition) is 0. The van der Waals surface area contributed by atoms with E-state index in [1.54, 1.807) is 4.68 Å². The molecule has 0 aromatic carbocycles. The van der Waals surface area contributed by atoms with Crippen molar-refractivity contribution in [1.82, 2.24) is 19.7 Å². The van der Waals surface area contributed by atoms with Crippen molar-refractivity contribution < 1.29 is 4.79 Å². The topological polar surface area (TPSA) is 51.0 Å². The van der Waals surface area contributed by atoms with Gasteiger partial charge in [0.2, 0.25) is 0 Å². The molecule has 1 amide bonds. The highest BCUT2D eigenvalue weighted by Gasteiger charge is 2.26. The predicted molar refractivity (Wildman–Crippen MR) is 82.3 cm³/mol. The molecule has 0 spiro atoms. The number of hydrogen-bond acceptors (Lipinski definition) is 3. The molecule has 0 bridgehead atoms. The van der Waals surface area contributed by atoms with Gasteiger partial charge in [-0.3, -0.25) is 9.48 Å². The predicted octanol–water partition coefficient (Wildman–Crippen LogP) is 2.60. The molecule has 2 aromatic heterocycles. The third-order valence-electron chi connectivity index (χ3n) is 4.52. The van der Waals surface area contributed by atoms with Gasteiger partial charge in [-0.15, -0.1) is 0 Å². The van der Waals surface area contributed by atoms with Crippen molar-refractivity contribution in [3.05, 3.63) is 23.0 Å². The van der Waals surface area contributed by atoms with Gasteiger partial charge in [-0.1, -0.05) is 12.8 Å². The lowest BCUT2D eigenvalue weighted by Gasteiger charge is -2.24. The van der Waals surface area contributed by atoms with Crippen LogP contribution >= 0.6 is 0 Å². The third kappa shape index (κ3) is 2.30. The van der Waals surface area contributed by atoms with Crippen LogP contribution in [-0.4, -0.2) is 38.7 Å². The Kier molecular flexibility index (Phi) is 3.43. The summed E-state index contributed by atoms with van der Waals surface area (Å²) in [5.41, 5.74) is 3.24. The van der Waals surface area contributed by atoms with Crippen LogP contribution in [0.25, 0.3) is 11.0 Å². The monoisotopic (exact) mass is 286 g/mol. The molecule has 5 nitrogen and oxygen atoms in total. The summed E-state index contributed by atoms with van der Waals surface area (Å²) in [4.78, 5) is 19.4. The maximum absolute atomic E-state index is 12.9. The zero-order valence-electron chi connectivity index (χ0n) is 13.2. The van der Waals surface area contributed by atoms with Gasteiger partial charge in [0, 0.05) is 25.8 Å². The van der Waals surface area contributed by atoms with Crippen molar-refractivity contribution in [1.29, 1.82) is 0 Å². The summed E-state index contributed by atoms with van der Waals surface area (Å²) in [5, 5.41) is 5.30. The summed E-state index contributed by atoms with van der Waals surface area (Å²) >= 11 is 0. The molecule has 3 rings (SSSR count). The molecular formula is C16H22N4O. The van der Waals surface area contributed by atoms with E-state index in [9.17, 15) is 4.79 Å². The van der Waals surface area contributed by atoms with Crippen LogP contribution in [0.15, 0.2) is 6.07 Å². The van der Waals surface area contributed by atoms with Crippen LogP contribution in [0.2, 0.25) is 0 Å². The van der Waals surface area contributed by atoms with E-state index in [2.05, 4.69) is 10.1 Å². The highest BCUT2D eigenvalue weighted by molar-refractivity contribution is 6.06. The number of pyridine rings is 1. The molecule has 0 radical (unpaired) electrons. The quantitative estimate of drug-likeness (QED) is 0.852. The number of aromatic nitrogens is 3. The van der Waals surface area contributed by atoms with Crippen LogP contribution in [0.5, 0.6) is 0 Å². The average Bonchev–Trinajstić information content (AvgIpc) is 3.06. The van der Waals surface area contributed by atoms with E-state index in [-0.39, 0.29) is 5.91 Å². The lowest BCUT2D eigenvalue weighted by Crippen LogP contribution is -2.35. The Labute approximate surface area is 125 Å². The van der Waals surface area contributed by atoms with Crippen LogP contribution in [-0.2, 0) is 7.05 Å². The first-order valence-corrected chi connectivity index (χ1v) is 7.57. The molecular weight excluding hydrogens is 264 g/mol. The van der Waals surface area contributed by atoms with Gasteiger partial charge >= 0.3 is 0 Å². The van der Waals surface area contributed by atoms with Gasteiger partial charge in [-0.25, -0.2) is 4.98 Å². The second-order valence-corrected chi connectivity index (χ2v) is 6.07. The Bertz CT molecular complexity index is 698. The van der Waals surface area contributed by atoms with Crippen molar-refractivity contribution in [3.8, 4) is 0 Å². The van der Waals surface area contributed by atoms with Gasteiger partial charge < -0.3 is 4.90 Å². The van der Waals surface area contributed by atoms with Crippen molar-refractivity contribution in [3.63, 3.8) is 0 Å². The van der Waals surface area contributed by atoms with E-state index in [0.29, 0.717) is 6.04 Å². The molecule has 0 saturated heterocycles. The Balaban J connectivity index is 2.08. The van der Waals surface area contributed by atoms with Gasteiger partial charge in [-0.05, 0) is 32.8 Å². The highest BCUT2D eigenvalue weighted by Crippen LogP contribution is 2.27. The Morgan fingerprint density at radius 2 is 2.00 bits per heavy atom. The summed E-state index contributed by atoms with van der Waals surface area (Å²) in [5.74, 6) is 0.0912. The molecule has 0 atom stereocenters. The van der Waals surface area contributed by atoms with Crippen LogP contribution in [0.3, 0.4) is 0 Å². The van der Waals surface area contributed by atoms with Gasteiger partial charge in [0.1, 0.15) is 0 Å². The largest absolute Gasteiger partial charge is 0.339 e. The second kappa shape index (κ2) is 5.13. The molecule has 2 heterocycles. The summed E-state index contributed by atoms with van der Waals surface area (Å²) in [6, 6.07) is 2.27. The number of nitrogens with zero attached hydrogens (tertiary/aromatic N) is 4. The SMILES string of the molecule is Cc1cc(C(=O)N(C)C2CCCC2)c2c(C)nn(C)c2n1. The Morgan fingerprint density at radius 3 is 2.67 bits per heavy atom. The minimum Gasteiger partial charge on any atom is -0.339 e. The van der Waals surface area contributed by atoms with Crippen molar-refractivity contribution in [2.45, 2.75) is 45.6 Å². The lowest BCUT2D eigenvalue weighted by molar-refractivity contribution is 0.0737. The van der Waals surface area contributed by atoms with Gasteiger partial charge in [0.05, 0.1) is 16.6 Å². The maximum atomic E-state index is 12.9. The number of carbonyl (C=O) groups excluding carboxylic acids is 1. The number of amides is 1. The highest BCUT2D eigenvalue weighted by atomic mass is 16.2. The fraction of sp³-hybridized carbons (Fsp3) is 0.562. The van der Waals surface area contributed by atoms with E-state index < -0.39 is 0 Å². The number of carbonyl (C=O) groups is 1. The summed E-state index contributed by atoms with van der Waals surface area (Å²) in [7, 11) is 3.79. The van der Waals surface area contributed by atoms with E-state index in [0.717, 1.165) is 40.8 Å². The smallest absolute Gasteiger partial charge is 0.254 e. The van der Waals surface area contributed by atoms with Gasteiger partial charge in [0.25, 0.3) is 5.91 Å². The standard InChI is InChI=1S/C16H22N4O/c1-10-9-13(14-11(2)18-20(4)15(14)17-10)16(21)19(3)12-7-5-6-8-12/h9,12H,5-8H2,1-4H3. The minimum atomic E-state index is 0.0912. The second-order valence-electron chi connectivity index (χ2n) is 6.07. The maximum Gasteiger partial charge on any atom is 0.254 e. The summed E-state index contributed by atoms with van der Waals surface area (Å²) < 4.78 is 1.75. The van der Waals surface area contributed by atoms with E-state index in [1.807, 2.05) is 38.9 Å². The molecule has 0 unspecified atom stereocenters. The first-order chi connectivity index (χ1) is 9.99. The molecule has 1 saturated carbocycles. The fourth-order valence-electron chi connectivity index (χ4n) is 3.39.